The number of hydrogen-bond donors (Lipinski definition) is 1. The summed E-state index contributed by atoms with van der Waals surface area (Å²) < 4.78 is 6.81. The van der Waals surface area contributed by atoms with Crippen molar-refractivity contribution in [2.24, 2.45) is 0 Å². The Hall–Kier alpha value is -1.27. The van der Waals surface area contributed by atoms with Gasteiger partial charge in [0.1, 0.15) is 5.76 Å². The van der Waals surface area contributed by atoms with E-state index in [1.165, 1.54) is 0 Å². The highest BCUT2D eigenvalue weighted by Crippen LogP contribution is 2.20. The Morgan fingerprint density at radius 2 is 2.05 bits per heavy atom. The Bertz CT molecular complexity index is 590. The standard InChI is InChI=1S/C13H12Br2N2O2/c1-17(7-11-2-3-12(15)19-11)13(18)8-4-9(14)6-10(16)5-8/h2-6H,7,16H2,1H3. The highest BCUT2D eigenvalue weighted by molar-refractivity contribution is 9.10. The lowest BCUT2D eigenvalue weighted by molar-refractivity contribution is 0.0775. The lowest BCUT2D eigenvalue weighted by Gasteiger charge is -2.16. The fraction of sp³-hybridized carbons (Fsp3) is 0.154. The third kappa shape index (κ3) is 3.61. The Morgan fingerprint density at radius 1 is 1.32 bits per heavy atom. The number of furan rings is 1. The molecule has 100 valence electrons. The van der Waals surface area contributed by atoms with Crippen LogP contribution in [0.2, 0.25) is 0 Å². The van der Waals surface area contributed by atoms with Gasteiger partial charge in [-0.3, -0.25) is 4.79 Å². The van der Waals surface area contributed by atoms with Gasteiger partial charge in [-0.1, -0.05) is 15.9 Å². The fourth-order valence-corrected chi connectivity index (χ4v) is 2.55. The minimum absolute atomic E-state index is 0.111. The minimum atomic E-state index is -0.111. The molecule has 0 saturated carbocycles. The first-order chi connectivity index (χ1) is 8.95. The van der Waals surface area contributed by atoms with E-state index in [1.54, 1.807) is 36.2 Å². The van der Waals surface area contributed by atoms with Crippen LogP contribution in [0, 0.1) is 0 Å². The van der Waals surface area contributed by atoms with Crippen LogP contribution in [0.5, 0.6) is 0 Å². The van der Waals surface area contributed by atoms with Crippen LogP contribution in [0.25, 0.3) is 0 Å². The van der Waals surface area contributed by atoms with Crippen LogP contribution in [0.15, 0.2) is 43.9 Å². The van der Waals surface area contributed by atoms with Crippen LogP contribution >= 0.6 is 31.9 Å². The topological polar surface area (TPSA) is 59.5 Å². The molecule has 0 saturated heterocycles. The molecule has 2 aromatic rings. The largest absolute Gasteiger partial charge is 0.452 e. The molecule has 6 heteroatoms. The fourth-order valence-electron chi connectivity index (χ4n) is 1.70. The summed E-state index contributed by atoms with van der Waals surface area (Å²) in [7, 11) is 1.72. The van der Waals surface area contributed by atoms with E-state index < -0.39 is 0 Å². The van der Waals surface area contributed by atoms with Crippen LogP contribution < -0.4 is 5.73 Å². The smallest absolute Gasteiger partial charge is 0.254 e. The lowest BCUT2D eigenvalue weighted by Crippen LogP contribution is -2.26. The van der Waals surface area contributed by atoms with Crippen LogP contribution in [0.3, 0.4) is 0 Å². The van der Waals surface area contributed by atoms with Crippen molar-refractivity contribution >= 4 is 43.5 Å². The molecule has 19 heavy (non-hydrogen) atoms. The first kappa shape index (κ1) is 14.1. The number of amides is 1. The van der Waals surface area contributed by atoms with E-state index in [0.29, 0.717) is 28.2 Å². The van der Waals surface area contributed by atoms with Gasteiger partial charge in [-0.05, 0) is 46.3 Å². The minimum Gasteiger partial charge on any atom is -0.452 e. The summed E-state index contributed by atoms with van der Waals surface area (Å²) in [6.45, 7) is 0.400. The second-order valence-corrected chi connectivity index (χ2v) is 5.84. The molecular weight excluding hydrogens is 376 g/mol. The lowest BCUT2D eigenvalue weighted by atomic mass is 10.2. The quantitative estimate of drug-likeness (QED) is 0.817. The predicted molar refractivity (Wildman–Crippen MR) is 80.8 cm³/mol. The number of nitrogens with two attached hydrogens (primary N) is 1. The maximum atomic E-state index is 12.3. The Labute approximate surface area is 127 Å². The molecule has 0 aliphatic carbocycles. The summed E-state index contributed by atoms with van der Waals surface area (Å²) in [5, 5.41) is 0. The monoisotopic (exact) mass is 386 g/mol. The molecule has 1 heterocycles. The number of hydrogen-bond acceptors (Lipinski definition) is 3. The van der Waals surface area contributed by atoms with Crippen molar-refractivity contribution < 1.29 is 9.21 Å². The van der Waals surface area contributed by atoms with Gasteiger partial charge in [-0.15, -0.1) is 0 Å². The van der Waals surface area contributed by atoms with Gasteiger partial charge in [0, 0.05) is 22.8 Å². The van der Waals surface area contributed by atoms with Gasteiger partial charge < -0.3 is 15.1 Å². The Kier molecular flexibility index (Phi) is 4.31. The molecule has 0 fully saturated rings. The molecule has 0 spiro atoms. The van der Waals surface area contributed by atoms with E-state index >= 15 is 0 Å². The van der Waals surface area contributed by atoms with Crippen molar-refractivity contribution in [3.8, 4) is 0 Å². The number of nitrogens with zero attached hydrogens (tertiary/aromatic N) is 1. The molecule has 0 radical (unpaired) electrons. The number of rotatable bonds is 3. The van der Waals surface area contributed by atoms with E-state index in [2.05, 4.69) is 31.9 Å². The summed E-state index contributed by atoms with van der Waals surface area (Å²) in [5.74, 6) is 0.603. The highest BCUT2D eigenvalue weighted by atomic mass is 79.9. The highest BCUT2D eigenvalue weighted by Gasteiger charge is 2.14. The zero-order valence-electron chi connectivity index (χ0n) is 10.2. The Morgan fingerprint density at radius 3 is 2.63 bits per heavy atom. The van der Waals surface area contributed by atoms with Gasteiger partial charge in [-0.25, -0.2) is 0 Å². The predicted octanol–water partition coefficient (Wildman–Crippen LogP) is 3.66. The van der Waals surface area contributed by atoms with Crippen molar-refractivity contribution in [1.29, 1.82) is 0 Å². The molecule has 2 N–H and O–H groups in total. The second kappa shape index (κ2) is 5.79. The summed E-state index contributed by atoms with van der Waals surface area (Å²) in [5.41, 5.74) is 6.82. The zero-order chi connectivity index (χ0) is 14.0. The average molecular weight is 388 g/mol. The Balaban J connectivity index is 2.14. The maximum Gasteiger partial charge on any atom is 0.254 e. The van der Waals surface area contributed by atoms with E-state index in [9.17, 15) is 4.79 Å². The molecule has 0 atom stereocenters. The van der Waals surface area contributed by atoms with Crippen molar-refractivity contribution in [3.05, 3.63) is 50.8 Å². The van der Waals surface area contributed by atoms with Crippen molar-refractivity contribution in [3.63, 3.8) is 0 Å². The molecule has 2 rings (SSSR count). The average Bonchev–Trinajstić information content (AvgIpc) is 2.72. The van der Waals surface area contributed by atoms with E-state index in [4.69, 9.17) is 10.2 Å². The van der Waals surface area contributed by atoms with Gasteiger partial charge in [0.15, 0.2) is 4.67 Å². The molecule has 4 nitrogen and oxygen atoms in total. The van der Waals surface area contributed by atoms with Gasteiger partial charge >= 0.3 is 0 Å². The van der Waals surface area contributed by atoms with Crippen LogP contribution in [-0.4, -0.2) is 17.9 Å². The van der Waals surface area contributed by atoms with E-state index in [1.807, 2.05) is 6.07 Å². The van der Waals surface area contributed by atoms with Crippen molar-refractivity contribution in [2.45, 2.75) is 6.54 Å². The normalized spacial score (nSPS) is 10.5. The first-order valence-electron chi connectivity index (χ1n) is 5.51. The third-order valence-corrected chi connectivity index (χ3v) is 3.42. The van der Waals surface area contributed by atoms with Crippen molar-refractivity contribution in [1.82, 2.24) is 4.90 Å². The van der Waals surface area contributed by atoms with E-state index in [-0.39, 0.29) is 5.91 Å². The molecule has 1 amide bonds. The number of benzene rings is 1. The zero-order valence-corrected chi connectivity index (χ0v) is 13.4. The number of halogens is 2. The molecular formula is C13H12Br2N2O2. The van der Waals surface area contributed by atoms with Gasteiger partial charge in [0.2, 0.25) is 0 Å². The summed E-state index contributed by atoms with van der Waals surface area (Å²) >= 11 is 6.56. The van der Waals surface area contributed by atoms with Gasteiger partial charge in [-0.2, -0.15) is 0 Å². The van der Waals surface area contributed by atoms with Crippen LogP contribution in [0.1, 0.15) is 16.1 Å². The number of anilines is 1. The number of carbonyl (C=O) groups excluding carboxylic acids is 1. The third-order valence-electron chi connectivity index (χ3n) is 2.54. The van der Waals surface area contributed by atoms with Crippen molar-refractivity contribution in [2.75, 3.05) is 12.8 Å². The summed E-state index contributed by atoms with van der Waals surface area (Å²) in [4.78, 5) is 13.8. The van der Waals surface area contributed by atoms with E-state index in [0.717, 1.165) is 4.47 Å². The number of carbonyl (C=O) groups is 1. The van der Waals surface area contributed by atoms with Gasteiger partial charge in [0.25, 0.3) is 5.91 Å². The molecule has 0 bridgehead atoms. The number of nitrogen functional groups attached to an aromatic ring is 1. The maximum absolute atomic E-state index is 12.3. The first-order valence-corrected chi connectivity index (χ1v) is 7.10. The molecule has 1 aromatic heterocycles. The molecule has 1 aromatic carbocycles. The van der Waals surface area contributed by atoms with Crippen LogP contribution in [-0.2, 0) is 6.54 Å². The molecule has 0 unspecified atom stereocenters. The summed E-state index contributed by atoms with van der Waals surface area (Å²) in [6.07, 6.45) is 0. The summed E-state index contributed by atoms with van der Waals surface area (Å²) in [6, 6.07) is 8.77. The second-order valence-electron chi connectivity index (χ2n) is 4.14. The SMILES string of the molecule is CN(Cc1ccc(Br)o1)C(=O)c1cc(N)cc(Br)c1. The molecule has 0 aliphatic heterocycles. The van der Waals surface area contributed by atoms with Gasteiger partial charge in [0.05, 0.1) is 6.54 Å². The van der Waals surface area contributed by atoms with Crippen LogP contribution in [0.4, 0.5) is 5.69 Å². The molecule has 0 aliphatic rings.